The first-order valence-electron chi connectivity index (χ1n) is 29.4. The summed E-state index contributed by atoms with van der Waals surface area (Å²) < 4.78 is 5.46. The highest BCUT2D eigenvalue weighted by Crippen LogP contribution is 2.41. The summed E-state index contributed by atoms with van der Waals surface area (Å²) in [7, 11) is 2.95. The van der Waals surface area contributed by atoms with Gasteiger partial charge in [0.25, 0.3) is 17.7 Å². The van der Waals surface area contributed by atoms with Crippen LogP contribution in [0.15, 0.2) is 64.0 Å². The van der Waals surface area contributed by atoms with E-state index >= 15 is 0 Å². The van der Waals surface area contributed by atoms with E-state index in [1.165, 1.54) is 70.8 Å². The fraction of sp³-hybridized carbons (Fsp3) is 0.400. The van der Waals surface area contributed by atoms with Crippen molar-refractivity contribution in [3.05, 3.63) is 111 Å². The first-order valence-corrected chi connectivity index (χ1v) is 34.6. The van der Waals surface area contributed by atoms with Crippen LogP contribution in [0, 0.1) is 24.7 Å². The molecule has 25 nitrogen and oxygen atoms in total. The van der Waals surface area contributed by atoms with Gasteiger partial charge in [0.1, 0.15) is 82.2 Å². The zero-order valence-electron chi connectivity index (χ0n) is 50.2. The lowest BCUT2D eigenvalue weighted by Gasteiger charge is -2.26. The summed E-state index contributed by atoms with van der Waals surface area (Å²) in [5.74, 6) is -3.38. The van der Waals surface area contributed by atoms with E-state index in [0.29, 0.717) is 118 Å². The normalized spacial score (nSPS) is 18.5. The van der Waals surface area contributed by atoms with E-state index in [2.05, 4.69) is 42.5 Å². The van der Waals surface area contributed by atoms with E-state index in [1.807, 2.05) is 19.9 Å². The second kappa shape index (κ2) is 30.6. The van der Waals surface area contributed by atoms with Gasteiger partial charge in [-0.05, 0) is 69.2 Å². The molecular formula is C60H68N16O9S6. The summed E-state index contributed by atoms with van der Waals surface area (Å²) in [4.78, 5) is 131. The van der Waals surface area contributed by atoms with Crippen molar-refractivity contribution in [1.29, 1.82) is 0 Å². The van der Waals surface area contributed by atoms with E-state index in [9.17, 15) is 38.7 Å². The number of aromatic nitrogens is 7. The van der Waals surface area contributed by atoms with Gasteiger partial charge in [-0.15, -0.1) is 68.0 Å². The second-order valence-electron chi connectivity index (χ2n) is 21.9. The molecule has 1 aromatic carbocycles. The molecule has 0 spiro atoms. The fourth-order valence-electron chi connectivity index (χ4n) is 10.3. The van der Waals surface area contributed by atoms with Gasteiger partial charge < -0.3 is 58.1 Å². The first kappa shape index (κ1) is 66.2. The second-order valence-corrected chi connectivity index (χ2v) is 27.7. The SMILES string of the molecule is CNC(=O)C[C@@H]1NC(=O)c2csc(n2)-c2ccc(-c3nc(NC(=O)C4CCC(C(=O)NCCCNCCN)CC4)cs3)nc2-c2csc(n2)-c2csc(n2)[C@H]([C@@H](O)c2ccccc2)NC(=O)CNC(=O)c2nc(sc2COC)[C@H](C(C)C)NC(=O)c2nc1sc2C. The minimum Gasteiger partial charge on any atom is -0.386 e. The van der Waals surface area contributed by atoms with E-state index in [-0.39, 0.29) is 59.7 Å². The van der Waals surface area contributed by atoms with Gasteiger partial charge in [-0.1, -0.05) is 44.2 Å². The Balaban J connectivity index is 0.973. The Morgan fingerprint density at radius 2 is 1.38 bits per heavy atom. The number of fused-ring (bicyclic) bond motifs is 14. The predicted molar refractivity (Wildman–Crippen MR) is 351 cm³/mol. The van der Waals surface area contributed by atoms with Crippen LogP contribution in [-0.4, -0.2) is 128 Å². The lowest BCUT2D eigenvalue weighted by Crippen LogP contribution is -2.40. The summed E-state index contributed by atoms with van der Waals surface area (Å²) in [5, 5.41) is 44.7. The Kier molecular flexibility index (Phi) is 22.3. The monoisotopic (exact) mass is 1350 g/mol. The van der Waals surface area contributed by atoms with Crippen LogP contribution in [0.5, 0.6) is 0 Å². The largest absolute Gasteiger partial charge is 0.386 e. The maximum Gasteiger partial charge on any atom is 0.271 e. The summed E-state index contributed by atoms with van der Waals surface area (Å²) in [6.07, 6.45) is 1.62. The smallest absolute Gasteiger partial charge is 0.271 e. The van der Waals surface area contributed by atoms with Crippen molar-refractivity contribution < 1.29 is 43.4 Å². The van der Waals surface area contributed by atoms with Crippen LogP contribution in [0.25, 0.3) is 43.4 Å². The summed E-state index contributed by atoms with van der Waals surface area (Å²) in [5.41, 5.74) is 8.33. The Morgan fingerprint density at radius 1 is 0.681 bits per heavy atom. The summed E-state index contributed by atoms with van der Waals surface area (Å²) in [6.45, 7) is 7.59. The molecule has 8 heterocycles. The number of nitrogens with one attached hydrogen (secondary N) is 8. The number of carbonyl (C=O) groups excluding carboxylic acids is 7. The lowest BCUT2D eigenvalue weighted by atomic mass is 9.81. The molecule has 7 amide bonds. The molecule has 8 aromatic rings. The lowest BCUT2D eigenvalue weighted by molar-refractivity contribution is -0.128. The maximum atomic E-state index is 14.4. The molecule has 1 fully saturated rings. The molecule has 4 atom stereocenters. The molecule has 91 heavy (non-hydrogen) atoms. The zero-order chi connectivity index (χ0) is 64.3. The number of nitrogens with two attached hydrogens (primary N) is 1. The number of hydrogen-bond acceptors (Lipinski definition) is 24. The van der Waals surface area contributed by atoms with Crippen LogP contribution < -0.4 is 48.3 Å². The van der Waals surface area contributed by atoms with Gasteiger partial charge in [-0.3, -0.25) is 33.6 Å². The van der Waals surface area contributed by atoms with Gasteiger partial charge in [-0.25, -0.2) is 34.9 Å². The van der Waals surface area contributed by atoms with Crippen LogP contribution in [0.1, 0.15) is 138 Å². The molecular weight excluding hydrogens is 1280 g/mol. The van der Waals surface area contributed by atoms with E-state index in [1.54, 1.807) is 64.8 Å². The number of nitrogens with zero attached hydrogens (tertiary/aromatic N) is 7. The summed E-state index contributed by atoms with van der Waals surface area (Å²) >= 11 is 7.26. The Bertz CT molecular complexity index is 3910. The van der Waals surface area contributed by atoms with Crippen LogP contribution in [0.4, 0.5) is 5.82 Å². The molecule has 0 unspecified atom stereocenters. The number of aliphatic hydroxyl groups is 1. The van der Waals surface area contributed by atoms with Crippen molar-refractivity contribution in [2.24, 2.45) is 23.5 Å². The number of aryl methyl sites for hydroxylation is 1. The number of carbonyl (C=O) groups is 7. The number of benzene rings is 1. The van der Waals surface area contributed by atoms with Gasteiger partial charge in [0.05, 0.1) is 42.2 Å². The number of hydrogen-bond donors (Lipinski definition) is 10. The molecule has 11 N–H and O–H groups in total. The molecule has 31 heteroatoms. The van der Waals surface area contributed by atoms with Crippen LogP contribution in [0.2, 0.25) is 0 Å². The van der Waals surface area contributed by atoms with Crippen molar-refractivity contribution in [2.75, 3.05) is 52.2 Å². The minimum absolute atomic E-state index is 0.000610. The third-order valence-corrected chi connectivity index (χ3v) is 20.8. The molecule has 2 aliphatic rings. The predicted octanol–water partition coefficient (Wildman–Crippen LogP) is 7.11. The number of aliphatic hydroxyl groups excluding tert-OH is 1. The highest BCUT2D eigenvalue weighted by Gasteiger charge is 2.34. The molecule has 1 aliphatic heterocycles. The Morgan fingerprint density at radius 3 is 2.13 bits per heavy atom. The fourth-order valence-corrected chi connectivity index (χ4v) is 15.8. The Labute approximate surface area is 547 Å². The number of methoxy groups -OCH3 is 1. The van der Waals surface area contributed by atoms with Crippen LogP contribution >= 0.6 is 68.0 Å². The maximum absolute atomic E-state index is 14.4. The number of pyridine rings is 1. The number of rotatable bonds is 17. The van der Waals surface area contributed by atoms with Crippen molar-refractivity contribution in [3.63, 3.8) is 0 Å². The molecule has 1 aliphatic carbocycles. The van der Waals surface area contributed by atoms with Crippen molar-refractivity contribution >= 4 is 115 Å². The van der Waals surface area contributed by atoms with Crippen molar-refractivity contribution in [1.82, 2.24) is 72.1 Å². The molecule has 0 radical (unpaired) electrons. The molecule has 1 saturated carbocycles. The number of thiazole rings is 6. The number of ether oxygens (including phenoxy) is 1. The van der Waals surface area contributed by atoms with E-state index < -0.39 is 60.3 Å². The van der Waals surface area contributed by atoms with Gasteiger partial charge in [0.15, 0.2) is 0 Å². The number of anilines is 1. The molecule has 7 aromatic heterocycles. The van der Waals surface area contributed by atoms with Crippen LogP contribution in [-0.2, 0) is 30.5 Å². The molecule has 10 bridgehead atoms. The van der Waals surface area contributed by atoms with E-state index in [0.717, 1.165) is 30.8 Å². The summed E-state index contributed by atoms with van der Waals surface area (Å²) in [6, 6.07) is 9.57. The highest BCUT2D eigenvalue weighted by atomic mass is 32.1. The van der Waals surface area contributed by atoms with Gasteiger partial charge in [0, 0.05) is 77.6 Å². The molecule has 0 saturated heterocycles. The first-order chi connectivity index (χ1) is 44.0. The molecule has 478 valence electrons. The topological polar surface area (TPSA) is 361 Å². The highest BCUT2D eigenvalue weighted by molar-refractivity contribution is 7.15. The third kappa shape index (κ3) is 16.1. The number of amides is 7. The van der Waals surface area contributed by atoms with E-state index in [4.69, 9.17) is 45.4 Å². The average Bonchev–Trinajstić information content (AvgIpc) is 1.95. The Hall–Kier alpha value is -7.72. The standard InChI is InChI=1S/C60H68N16O9S6/c1-29(2)44-60-76-47(40(91-60)24-85-5)53(83)65-23-43(78)73-48(49(79)31-10-7-6-8-11-31)59-70-39(27-88-59)57-68-37(25-87-57)46-34(55-69-38(26-86-55)52(82)67-36(22-42(77)62-4)58-75-45(30(3)90-58)54(84)74-44)16-17-35(66-46)56-72-41(28-89-56)71-51(81)33-14-12-32(13-15-33)50(80)64-20-9-19-63-21-18-61/h6-8,10-11,16-17,25-29,32-33,36,44,48-49,63,79H,9,12-15,18-24,61H2,1-5H3,(H,62,77)(H,64,80)(H,65,83)(H,67,82)(H,71,81)(H,73,78)(H,74,84)/t32?,33?,36-,44-,48-,49-/m0/s1. The van der Waals surface area contributed by atoms with Gasteiger partial charge in [-0.2, -0.15) is 0 Å². The zero-order valence-corrected chi connectivity index (χ0v) is 55.1. The van der Waals surface area contributed by atoms with Gasteiger partial charge in [0.2, 0.25) is 23.6 Å². The average molecular weight is 1350 g/mol. The third-order valence-electron chi connectivity index (χ3n) is 15.1. The quantitative estimate of drug-likeness (QED) is 0.0406. The van der Waals surface area contributed by atoms with Crippen LogP contribution in [0.3, 0.4) is 0 Å². The minimum atomic E-state index is -1.28. The molecule has 10 rings (SSSR count). The van der Waals surface area contributed by atoms with Gasteiger partial charge >= 0.3 is 0 Å². The van der Waals surface area contributed by atoms with Crippen molar-refractivity contribution in [2.45, 2.75) is 90.1 Å². The van der Waals surface area contributed by atoms with Crippen molar-refractivity contribution in [3.8, 4) is 43.4 Å².